The van der Waals surface area contributed by atoms with Crippen LogP contribution < -0.4 is 4.74 Å². The van der Waals surface area contributed by atoms with Gasteiger partial charge < -0.3 is 9.84 Å². The summed E-state index contributed by atoms with van der Waals surface area (Å²) in [6, 6.07) is 4.42. The second kappa shape index (κ2) is 7.30. The molecule has 120 valence electrons. The molecule has 0 bridgehead atoms. The van der Waals surface area contributed by atoms with Crippen LogP contribution in [0.1, 0.15) is 51.3 Å². The molecule has 2 rings (SSSR count). The number of carboxylic acids is 1. The first kappa shape index (κ1) is 18.0. The number of benzene rings is 1. The quantitative estimate of drug-likeness (QED) is 0.800. The van der Waals surface area contributed by atoms with Crippen molar-refractivity contribution in [2.45, 2.75) is 53.6 Å². The van der Waals surface area contributed by atoms with Crippen LogP contribution in [-0.2, 0) is 11.2 Å². The van der Waals surface area contributed by atoms with E-state index in [4.69, 9.17) is 14.6 Å². The molecule has 3 heteroatoms. The molecule has 0 saturated carbocycles. The number of hydrogen-bond acceptors (Lipinski definition) is 2. The van der Waals surface area contributed by atoms with E-state index in [1.165, 1.54) is 22.3 Å². The molecule has 0 atom stereocenters. The molecule has 0 saturated heterocycles. The molecule has 0 aromatic heterocycles. The van der Waals surface area contributed by atoms with Crippen molar-refractivity contribution in [3.63, 3.8) is 0 Å². The Labute approximate surface area is 133 Å². The number of fused-ring (bicyclic) bond motifs is 1. The molecule has 1 aromatic carbocycles. The number of hydrogen-bond donors (Lipinski definition) is 1. The highest BCUT2D eigenvalue weighted by atomic mass is 16.5. The van der Waals surface area contributed by atoms with Gasteiger partial charge in [-0.2, -0.15) is 0 Å². The van der Waals surface area contributed by atoms with Crippen LogP contribution in [-0.4, -0.2) is 16.7 Å². The standard InChI is InChI=1S/C17H22O.C2H4O2/c1-12(2)6-7-14-10-13(3)11-15-8-9-17(4,5)18-16(14)15;1-2(3)4/h6,8-11H,7H2,1-5H3;1H3,(H,3,4). The van der Waals surface area contributed by atoms with Crippen LogP contribution in [0, 0.1) is 6.92 Å². The summed E-state index contributed by atoms with van der Waals surface area (Å²) in [7, 11) is 0. The monoisotopic (exact) mass is 302 g/mol. The van der Waals surface area contributed by atoms with E-state index in [0.717, 1.165) is 19.1 Å². The van der Waals surface area contributed by atoms with E-state index in [2.05, 4.69) is 65.0 Å². The Morgan fingerprint density at radius 2 is 1.86 bits per heavy atom. The second-order valence-electron chi connectivity index (χ2n) is 6.39. The molecule has 1 aliphatic rings. The third-order valence-corrected chi connectivity index (χ3v) is 3.10. The van der Waals surface area contributed by atoms with E-state index < -0.39 is 5.97 Å². The van der Waals surface area contributed by atoms with Gasteiger partial charge in [0.25, 0.3) is 5.97 Å². The van der Waals surface area contributed by atoms with E-state index in [-0.39, 0.29) is 5.60 Å². The number of aliphatic carboxylic acids is 1. The molecular formula is C19H26O3. The summed E-state index contributed by atoms with van der Waals surface area (Å²) in [6.45, 7) is 11.7. The zero-order valence-electron chi connectivity index (χ0n) is 14.4. The number of rotatable bonds is 2. The summed E-state index contributed by atoms with van der Waals surface area (Å²) >= 11 is 0. The number of carboxylic acid groups (broad SMARTS) is 1. The number of ether oxygens (including phenoxy) is 1. The van der Waals surface area contributed by atoms with E-state index in [1.807, 2.05) is 0 Å². The lowest BCUT2D eigenvalue weighted by Crippen LogP contribution is -2.28. The highest BCUT2D eigenvalue weighted by Gasteiger charge is 2.23. The Hall–Kier alpha value is -2.03. The molecule has 0 radical (unpaired) electrons. The fraction of sp³-hybridized carbons (Fsp3) is 0.421. The first-order valence-corrected chi connectivity index (χ1v) is 7.45. The molecule has 0 spiro atoms. The van der Waals surface area contributed by atoms with Crippen LogP contribution in [0.25, 0.3) is 6.08 Å². The number of allylic oxidation sites excluding steroid dienone is 2. The smallest absolute Gasteiger partial charge is 0.300 e. The summed E-state index contributed by atoms with van der Waals surface area (Å²) in [6.07, 6.45) is 7.50. The minimum Gasteiger partial charge on any atom is -0.483 e. The first-order chi connectivity index (χ1) is 10.1. The average molecular weight is 302 g/mol. The predicted octanol–water partition coefficient (Wildman–Crippen LogP) is 4.78. The van der Waals surface area contributed by atoms with E-state index in [9.17, 15) is 0 Å². The molecule has 22 heavy (non-hydrogen) atoms. The fourth-order valence-electron chi connectivity index (χ4n) is 2.18. The van der Waals surface area contributed by atoms with Gasteiger partial charge in [-0.3, -0.25) is 4.79 Å². The van der Waals surface area contributed by atoms with Crippen molar-refractivity contribution in [1.82, 2.24) is 0 Å². The van der Waals surface area contributed by atoms with Crippen LogP contribution >= 0.6 is 0 Å². The number of aryl methyl sites for hydroxylation is 1. The van der Waals surface area contributed by atoms with Gasteiger partial charge >= 0.3 is 0 Å². The second-order valence-corrected chi connectivity index (χ2v) is 6.39. The molecule has 3 nitrogen and oxygen atoms in total. The van der Waals surface area contributed by atoms with Crippen LogP contribution in [0.15, 0.2) is 29.9 Å². The van der Waals surface area contributed by atoms with Gasteiger partial charge in [0.15, 0.2) is 0 Å². The van der Waals surface area contributed by atoms with Crippen LogP contribution in [0.4, 0.5) is 0 Å². The zero-order chi connectivity index (χ0) is 16.9. The molecule has 0 amide bonds. The predicted molar refractivity (Wildman–Crippen MR) is 91.4 cm³/mol. The molecule has 1 heterocycles. The van der Waals surface area contributed by atoms with Crippen LogP contribution in [0.3, 0.4) is 0 Å². The summed E-state index contributed by atoms with van der Waals surface area (Å²) < 4.78 is 6.12. The van der Waals surface area contributed by atoms with Gasteiger partial charge in [0, 0.05) is 12.5 Å². The van der Waals surface area contributed by atoms with Crippen molar-refractivity contribution in [3.8, 4) is 5.75 Å². The van der Waals surface area contributed by atoms with Gasteiger partial charge in [0.2, 0.25) is 0 Å². The summed E-state index contributed by atoms with van der Waals surface area (Å²) in [5.74, 6) is 0.214. The maximum Gasteiger partial charge on any atom is 0.300 e. The maximum absolute atomic E-state index is 9.00. The SMILES string of the molecule is CC(=O)O.CC(C)=CCc1cc(C)cc2c1OC(C)(C)C=C2. The molecule has 0 aliphatic carbocycles. The van der Waals surface area contributed by atoms with Crippen molar-refractivity contribution in [3.05, 3.63) is 46.5 Å². The third kappa shape index (κ3) is 5.76. The Balaban J connectivity index is 0.000000541. The van der Waals surface area contributed by atoms with Crippen molar-refractivity contribution < 1.29 is 14.6 Å². The highest BCUT2D eigenvalue weighted by Crippen LogP contribution is 2.35. The largest absolute Gasteiger partial charge is 0.483 e. The van der Waals surface area contributed by atoms with Crippen molar-refractivity contribution in [1.29, 1.82) is 0 Å². The zero-order valence-corrected chi connectivity index (χ0v) is 14.4. The van der Waals surface area contributed by atoms with E-state index in [0.29, 0.717) is 0 Å². The van der Waals surface area contributed by atoms with Crippen molar-refractivity contribution in [2.24, 2.45) is 0 Å². The summed E-state index contributed by atoms with van der Waals surface area (Å²) in [5, 5.41) is 7.42. The lowest BCUT2D eigenvalue weighted by Gasteiger charge is -2.29. The molecule has 1 aliphatic heterocycles. The topological polar surface area (TPSA) is 46.5 Å². The van der Waals surface area contributed by atoms with Gasteiger partial charge in [-0.15, -0.1) is 0 Å². The van der Waals surface area contributed by atoms with Gasteiger partial charge in [0.05, 0.1) is 0 Å². The third-order valence-electron chi connectivity index (χ3n) is 3.10. The van der Waals surface area contributed by atoms with Gasteiger partial charge in [0.1, 0.15) is 11.4 Å². The normalized spacial score (nSPS) is 14.1. The van der Waals surface area contributed by atoms with E-state index in [1.54, 1.807) is 0 Å². The summed E-state index contributed by atoms with van der Waals surface area (Å²) in [5.41, 5.74) is 4.91. The Bertz CT molecular complexity index is 599. The molecule has 1 N–H and O–H groups in total. The van der Waals surface area contributed by atoms with Gasteiger partial charge in [-0.1, -0.05) is 23.8 Å². The maximum atomic E-state index is 9.00. The van der Waals surface area contributed by atoms with Gasteiger partial charge in [-0.05, 0) is 64.3 Å². The van der Waals surface area contributed by atoms with Crippen molar-refractivity contribution in [2.75, 3.05) is 0 Å². The van der Waals surface area contributed by atoms with E-state index >= 15 is 0 Å². The minimum absolute atomic E-state index is 0.206. The Kier molecular flexibility index (Phi) is 5.98. The first-order valence-electron chi connectivity index (χ1n) is 7.45. The average Bonchev–Trinajstić information content (AvgIpc) is 2.35. The van der Waals surface area contributed by atoms with Crippen LogP contribution in [0.2, 0.25) is 0 Å². The molecule has 0 fully saturated rings. The van der Waals surface area contributed by atoms with Crippen molar-refractivity contribution >= 4 is 12.0 Å². The molecule has 1 aromatic rings. The lowest BCUT2D eigenvalue weighted by molar-refractivity contribution is -0.134. The highest BCUT2D eigenvalue weighted by molar-refractivity contribution is 5.64. The summed E-state index contributed by atoms with van der Waals surface area (Å²) in [4.78, 5) is 9.00. The van der Waals surface area contributed by atoms with Gasteiger partial charge in [-0.25, -0.2) is 0 Å². The Morgan fingerprint density at radius 3 is 2.41 bits per heavy atom. The lowest BCUT2D eigenvalue weighted by atomic mass is 9.96. The number of carbonyl (C=O) groups is 1. The minimum atomic E-state index is -0.833. The molecule has 0 unspecified atom stereocenters. The Morgan fingerprint density at radius 1 is 1.27 bits per heavy atom. The molecular weight excluding hydrogens is 276 g/mol. The van der Waals surface area contributed by atoms with Crippen LogP contribution in [0.5, 0.6) is 5.75 Å². The fourth-order valence-corrected chi connectivity index (χ4v) is 2.18.